The molecule has 4 nitrogen and oxygen atoms in total. The molecule has 0 saturated heterocycles. The Morgan fingerprint density at radius 3 is 2.57 bits per heavy atom. The molecule has 106 valence electrons. The van der Waals surface area contributed by atoms with Gasteiger partial charge in [-0.05, 0) is 11.6 Å². The lowest BCUT2D eigenvalue weighted by Crippen LogP contribution is -2.02. The number of para-hydroxylation sites is 1. The summed E-state index contributed by atoms with van der Waals surface area (Å²) in [6.45, 7) is 0.991. The highest BCUT2D eigenvalue weighted by molar-refractivity contribution is 5.75. The summed E-state index contributed by atoms with van der Waals surface area (Å²) in [7, 11) is 0. The van der Waals surface area contributed by atoms with Gasteiger partial charge in [-0.15, -0.1) is 0 Å². The minimum absolute atomic E-state index is 0.418. The molecule has 21 heavy (non-hydrogen) atoms. The monoisotopic (exact) mass is 279 g/mol. The first kappa shape index (κ1) is 13.4. The first-order valence-electron chi connectivity index (χ1n) is 6.82. The molecule has 1 aromatic heterocycles. The van der Waals surface area contributed by atoms with E-state index in [0.717, 1.165) is 22.4 Å². The summed E-state index contributed by atoms with van der Waals surface area (Å²) in [4.78, 5) is 0. The van der Waals surface area contributed by atoms with E-state index in [9.17, 15) is 0 Å². The van der Waals surface area contributed by atoms with Crippen molar-refractivity contribution in [3.05, 3.63) is 72.6 Å². The van der Waals surface area contributed by atoms with Crippen LogP contribution in [-0.2, 0) is 18.1 Å². The van der Waals surface area contributed by atoms with E-state index in [2.05, 4.69) is 5.10 Å². The summed E-state index contributed by atoms with van der Waals surface area (Å²) < 4.78 is 7.42. The highest BCUT2D eigenvalue weighted by Crippen LogP contribution is 2.24. The van der Waals surface area contributed by atoms with Gasteiger partial charge in [-0.2, -0.15) is 5.10 Å². The van der Waals surface area contributed by atoms with E-state index in [0.29, 0.717) is 13.3 Å². The SMILES string of the molecule is Nc1ccccc1-c1cnn(COCc2ccccc2)c1. The van der Waals surface area contributed by atoms with Crippen LogP contribution in [0.15, 0.2) is 67.0 Å². The fraction of sp³-hybridized carbons (Fsp3) is 0.118. The first-order valence-corrected chi connectivity index (χ1v) is 6.82. The van der Waals surface area contributed by atoms with Crippen molar-refractivity contribution in [2.24, 2.45) is 0 Å². The van der Waals surface area contributed by atoms with E-state index in [4.69, 9.17) is 10.5 Å². The average molecular weight is 279 g/mol. The van der Waals surface area contributed by atoms with Gasteiger partial charge in [0.25, 0.3) is 0 Å². The Bertz CT molecular complexity index is 707. The molecule has 3 aromatic rings. The van der Waals surface area contributed by atoms with E-state index in [1.54, 1.807) is 10.9 Å². The van der Waals surface area contributed by atoms with Crippen LogP contribution in [0.2, 0.25) is 0 Å². The van der Waals surface area contributed by atoms with Crippen LogP contribution in [0.1, 0.15) is 5.56 Å². The van der Waals surface area contributed by atoms with Crippen LogP contribution in [0.5, 0.6) is 0 Å². The van der Waals surface area contributed by atoms with Crippen LogP contribution in [-0.4, -0.2) is 9.78 Å². The van der Waals surface area contributed by atoms with Gasteiger partial charge in [0.15, 0.2) is 0 Å². The van der Waals surface area contributed by atoms with Crippen LogP contribution in [0, 0.1) is 0 Å². The Labute approximate surface area is 123 Å². The van der Waals surface area contributed by atoms with Crippen molar-refractivity contribution in [1.29, 1.82) is 0 Å². The van der Waals surface area contributed by atoms with Gasteiger partial charge in [-0.3, -0.25) is 0 Å². The van der Waals surface area contributed by atoms with Crippen molar-refractivity contribution in [3.8, 4) is 11.1 Å². The summed E-state index contributed by atoms with van der Waals surface area (Å²) in [5, 5.41) is 4.30. The third-order valence-corrected chi connectivity index (χ3v) is 3.24. The lowest BCUT2D eigenvalue weighted by Gasteiger charge is -2.04. The Morgan fingerprint density at radius 2 is 1.76 bits per heavy atom. The van der Waals surface area contributed by atoms with Crippen LogP contribution >= 0.6 is 0 Å². The summed E-state index contributed by atoms with van der Waals surface area (Å²) in [5.41, 5.74) is 9.86. The van der Waals surface area contributed by atoms with Crippen LogP contribution in [0.25, 0.3) is 11.1 Å². The number of nitrogens with two attached hydrogens (primary N) is 1. The maximum Gasteiger partial charge on any atom is 0.139 e. The fourth-order valence-corrected chi connectivity index (χ4v) is 2.16. The maximum absolute atomic E-state index is 5.97. The number of nitrogens with zero attached hydrogens (tertiary/aromatic N) is 2. The number of ether oxygens (including phenoxy) is 1. The zero-order valence-electron chi connectivity index (χ0n) is 11.6. The third-order valence-electron chi connectivity index (χ3n) is 3.24. The zero-order chi connectivity index (χ0) is 14.5. The molecule has 0 fully saturated rings. The standard InChI is InChI=1S/C17H17N3O/c18-17-9-5-4-8-16(17)15-10-19-20(11-15)13-21-12-14-6-2-1-3-7-14/h1-11H,12-13,18H2. The van der Waals surface area contributed by atoms with Crippen molar-refractivity contribution < 1.29 is 4.74 Å². The van der Waals surface area contributed by atoms with Gasteiger partial charge in [0.1, 0.15) is 6.73 Å². The Balaban J connectivity index is 1.62. The van der Waals surface area contributed by atoms with Crippen molar-refractivity contribution in [1.82, 2.24) is 9.78 Å². The fourth-order valence-electron chi connectivity index (χ4n) is 2.16. The largest absolute Gasteiger partial charge is 0.398 e. The normalized spacial score (nSPS) is 10.7. The quantitative estimate of drug-likeness (QED) is 0.729. The smallest absolute Gasteiger partial charge is 0.139 e. The second-order valence-corrected chi connectivity index (χ2v) is 4.82. The Kier molecular flexibility index (Phi) is 3.98. The lowest BCUT2D eigenvalue weighted by atomic mass is 10.1. The molecule has 0 unspecified atom stereocenters. The summed E-state index contributed by atoms with van der Waals surface area (Å²) in [6, 6.07) is 17.8. The molecular formula is C17H17N3O. The van der Waals surface area contributed by atoms with E-state index in [1.165, 1.54) is 0 Å². The van der Waals surface area contributed by atoms with E-state index in [1.807, 2.05) is 60.8 Å². The molecule has 3 rings (SSSR count). The van der Waals surface area contributed by atoms with Crippen LogP contribution in [0.4, 0.5) is 5.69 Å². The number of rotatable bonds is 5. The molecule has 0 bridgehead atoms. The van der Waals surface area contributed by atoms with Gasteiger partial charge in [0.2, 0.25) is 0 Å². The molecule has 0 aliphatic carbocycles. The minimum Gasteiger partial charge on any atom is -0.398 e. The molecule has 0 aliphatic heterocycles. The van der Waals surface area contributed by atoms with Crippen molar-refractivity contribution in [2.45, 2.75) is 13.3 Å². The zero-order valence-corrected chi connectivity index (χ0v) is 11.6. The summed E-state index contributed by atoms with van der Waals surface area (Å²) in [6.07, 6.45) is 3.74. The summed E-state index contributed by atoms with van der Waals surface area (Å²) in [5.74, 6) is 0. The lowest BCUT2D eigenvalue weighted by molar-refractivity contribution is 0.0561. The number of aromatic nitrogens is 2. The van der Waals surface area contributed by atoms with Crippen LogP contribution in [0.3, 0.4) is 0 Å². The van der Waals surface area contributed by atoms with E-state index in [-0.39, 0.29) is 0 Å². The Morgan fingerprint density at radius 1 is 1.00 bits per heavy atom. The number of anilines is 1. The molecule has 0 radical (unpaired) electrons. The van der Waals surface area contributed by atoms with Gasteiger partial charge >= 0.3 is 0 Å². The maximum atomic E-state index is 5.97. The molecular weight excluding hydrogens is 262 g/mol. The van der Waals surface area contributed by atoms with Crippen molar-refractivity contribution in [2.75, 3.05) is 5.73 Å². The number of hydrogen-bond donors (Lipinski definition) is 1. The van der Waals surface area contributed by atoms with Gasteiger partial charge in [-0.1, -0.05) is 48.5 Å². The van der Waals surface area contributed by atoms with Gasteiger partial charge in [0, 0.05) is 23.0 Å². The minimum atomic E-state index is 0.418. The molecule has 0 atom stereocenters. The predicted octanol–water partition coefficient (Wildman–Crippen LogP) is 3.31. The Hall–Kier alpha value is -2.59. The highest BCUT2D eigenvalue weighted by atomic mass is 16.5. The molecule has 0 aliphatic rings. The average Bonchev–Trinajstić information content (AvgIpc) is 2.97. The number of nitrogen functional groups attached to an aromatic ring is 1. The summed E-state index contributed by atoms with van der Waals surface area (Å²) >= 11 is 0. The highest BCUT2D eigenvalue weighted by Gasteiger charge is 2.04. The predicted molar refractivity (Wildman–Crippen MR) is 83.3 cm³/mol. The molecule has 0 amide bonds. The van der Waals surface area contributed by atoms with Gasteiger partial charge in [0.05, 0.1) is 12.8 Å². The van der Waals surface area contributed by atoms with Crippen molar-refractivity contribution in [3.63, 3.8) is 0 Å². The van der Waals surface area contributed by atoms with E-state index >= 15 is 0 Å². The van der Waals surface area contributed by atoms with E-state index < -0.39 is 0 Å². The first-order chi connectivity index (χ1) is 10.3. The molecule has 1 heterocycles. The molecule has 0 saturated carbocycles. The topological polar surface area (TPSA) is 53.1 Å². The molecule has 4 heteroatoms. The second-order valence-electron chi connectivity index (χ2n) is 4.82. The number of hydrogen-bond acceptors (Lipinski definition) is 3. The van der Waals surface area contributed by atoms with Gasteiger partial charge in [-0.25, -0.2) is 4.68 Å². The molecule has 2 N–H and O–H groups in total. The second kappa shape index (κ2) is 6.24. The molecule has 2 aromatic carbocycles. The van der Waals surface area contributed by atoms with Gasteiger partial charge < -0.3 is 10.5 Å². The molecule has 0 spiro atoms. The van der Waals surface area contributed by atoms with Crippen molar-refractivity contribution >= 4 is 5.69 Å². The number of benzene rings is 2. The van der Waals surface area contributed by atoms with Crippen LogP contribution < -0.4 is 5.73 Å². The third kappa shape index (κ3) is 3.30.